The number of pyridine rings is 1. The molecule has 3 fully saturated rings. The molecular formula is C27H35N5O2. The van der Waals surface area contributed by atoms with Crippen molar-refractivity contribution in [1.29, 1.82) is 0 Å². The molecule has 5 heterocycles. The fraction of sp³-hybridized carbons (Fsp3) is 0.556. The van der Waals surface area contributed by atoms with Crippen LogP contribution < -0.4 is 15.0 Å². The van der Waals surface area contributed by atoms with Crippen LogP contribution in [0.5, 0.6) is 5.88 Å². The molecule has 3 saturated heterocycles. The van der Waals surface area contributed by atoms with E-state index in [1.807, 2.05) is 24.4 Å². The van der Waals surface area contributed by atoms with Crippen LogP contribution >= 0.6 is 0 Å². The lowest BCUT2D eigenvalue weighted by molar-refractivity contribution is -0.0332. The normalized spacial score (nSPS) is 26.9. The standard InChI is InChI=1S/C27H35N5O2/c1-20(33-25-10-9-22(17-29-25)31-14-5-2-6-15-31)21-11-12-27(19-28-13-16-32(27)18-21)26-23-7-3-4-8-24(23)34-30-26/h3-4,7-10,17,20-21,28H,2,5-6,11-16,18-19H2,1H3. The van der Waals surface area contributed by atoms with Crippen molar-refractivity contribution >= 4 is 16.7 Å². The first-order chi connectivity index (χ1) is 16.7. The highest BCUT2D eigenvalue weighted by atomic mass is 16.5. The van der Waals surface area contributed by atoms with Gasteiger partial charge in [0.15, 0.2) is 5.58 Å². The molecule has 3 atom stereocenters. The summed E-state index contributed by atoms with van der Waals surface area (Å²) in [6.07, 6.45) is 8.10. The zero-order valence-corrected chi connectivity index (χ0v) is 20.1. The maximum atomic E-state index is 6.36. The molecule has 1 N–H and O–H groups in total. The van der Waals surface area contributed by atoms with Gasteiger partial charge in [0.25, 0.3) is 0 Å². The number of benzene rings is 1. The lowest BCUT2D eigenvalue weighted by atomic mass is 9.76. The number of nitrogens with zero attached hydrogens (tertiary/aromatic N) is 4. The Morgan fingerprint density at radius 2 is 2.00 bits per heavy atom. The molecule has 0 amide bonds. The topological polar surface area (TPSA) is 66.7 Å². The summed E-state index contributed by atoms with van der Waals surface area (Å²) >= 11 is 0. The van der Waals surface area contributed by atoms with Gasteiger partial charge in [-0.3, -0.25) is 4.90 Å². The van der Waals surface area contributed by atoms with E-state index in [9.17, 15) is 0 Å². The summed E-state index contributed by atoms with van der Waals surface area (Å²) in [5, 5.41) is 9.34. The van der Waals surface area contributed by atoms with Crippen LogP contribution in [-0.2, 0) is 5.54 Å². The monoisotopic (exact) mass is 461 g/mol. The first kappa shape index (κ1) is 21.9. The van der Waals surface area contributed by atoms with Gasteiger partial charge in [-0.25, -0.2) is 4.98 Å². The Bertz CT molecular complexity index is 1110. The predicted molar refractivity (Wildman–Crippen MR) is 133 cm³/mol. The lowest BCUT2D eigenvalue weighted by Crippen LogP contribution is -2.63. The van der Waals surface area contributed by atoms with Gasteiger partial charge >= 0.3 is 0 Å². The summed E-state index contributed by atoms with van der Waals surface area (Å²) in [6.45, 7) is 8.37. The van der Waals surface area contributed by atoms with Crippen LogP contribution in [0.2, 0.25) is 0 Å². The van der Waals surface area contributed by atoms with E-state index in [0.29, 0.717) is 5.92 Å². The summed E-state index contributed by atoms with van der Waals surface area (Å²) in [6, 6.07) is 12.4. The molecule has 0 radical (unpaired) electrons. The molecule has 1 aromatic carbocycles. The number of rotatable bonds is 5. The fourth-order valence-corrected chi connectivity index (χ4v) is 6.17. The Morgan fingerprint density at radius 1 is 1.12 bits per heavy atom. The van der Waals surface area contributed by atoms with Crippen LogP contribution in [0.3, 0.4) is 0 Å². The van der Waals surface area contributed by atoms with Crippen LogP contribution in [0.4, 0.5) is 5.69 Å². The second-order valence-electron chi connectivity index (χ2n) is 10.2. The van der Waals surface area contributed by atoms with E-state index in [-0.39, 0.29) is 11.6 Å². The lowest BCUT2D eigenvalue weighted by Gasteiger charge is -2.52. The molecule has 34 heavy (non-hydrogen) atoms. The summed E-state index contributed by atoms with van der Waals surface area (Å²) in [5.74, 6) is 1.18. The molecule has 7 nitrogen and oxygen atoms in total. The van der Waals surface area contributed by atoms with Crippen molar-refractivity contribution in [3.05, 3.63) is 48.3 Å². The van der Waals surface area contributed by atoms with Crippen molar-refractivity contribution in [3.63, 3.8) is 0 Å². The molecule has 0 aliphatic carbocycles. The highest BCUT2D eigenvalue weighted by Crippen LogP contribution is 2.43. The van der Waals surface area contributed by atoms with Gasteiger partial charge < -0.3 is 19.5 Å². The molecule has 6 rings (SSSR count). The molecule has 7 heteroatoms. The number of ether oxygens (including phenoxy) is 1. The number of piperazine rings is 1. The molecule has 2 aromatic heterocycles. The average Bonchev–Trinajstić information content (AvgIpc) is 3.34. The van der Waals surface area contributed by atoms with E-state index in [1.165, 1.54) is 24.9 Å². The van der Waals surface area contributed by atoms with Gasteiger partial charge in [-0.1, -0.05) is 17.3 Å². The molecular weight excluding hydrogens is 426 g/mol. The van der Waals surface area contributed by atoms with E-state index in [2.05, 4.69) is 50.4 Å². The minimum Gasteiger partial charge on any atom is -0.474 e. The van der Waals surface area contributed by atoms with Crippen molar-refractivity contribution in [2.75, 3.05) is 44.2 Å². The third-order valence-corrected chi connectivity index (χ3v) is 8.20. The maximum absolute atomic E-state index is 6.36. The quantitative estimate of drug-likeness (QED) is 0.611. The number of fused-ring (bicyclic) bond motifs is 2. The number of hydrogen-bond donors (Lipinski definition) is 1. The third-order valence-electron chi connectivity index (χ3n) is 8.20. The molecule has 0 saturated carbocycles. The van der Waals surface area contributed by atoms with Gasteiger partial charge in [0.2, 0.25) is 5.88 Å². The average molecular weight is 462 g/mol. The summed E-state index contributed by atoms with van der Waals surface area (Å²) in [5.41, 5.74) is 3.05. The highest BCUT2D eigenvalue weighted by molar-refractivity contribution is 5.80. The highest BCUT2D eigenvalue weighted by Gasteiger charge is 2.48. The minimum atomic E-state index is -0.116. The third kappa shape index (κ3) is 3.95. The second kappa shape index (κ2) is 9.19. The van der Waals surface area contributed by atoms with Crippen LogP contribution in [0, 0.1) is 5.92 Å². The predicted octanol–water partition coefficient (Wildman–Crippen LogP) is 4.19. The smallest absolute Gasteiger partial charge is 0.213 e. The van der Waals surface area contributed by atoms with Crippen molar-refractivity contribution in [3.8, 4) is 5.88 Å². The Balaban J connectivity index is 1.15. The van der Waals surface area contributed by atoms with Gasteiger partial charge in [0.05, 0.1) is 17.4 Å². The number of nitrogens with one attached hydrogen (secondary N) is 1. The van der Waals surface area contributed by atoms with Crippen LogP contribution in [-0.4, -0.2) is 60.4 Å². The molecule has 3 aliphatic heterocycles. The SMILES string of the molecule is CC(Oc1ccc(N2CCCCC2)cn1)C1CCC2(c3noc4ccccc34)CNCCN2C1. The number of para-hydroxylation sites is 1. The van der Waals surface area contributed by atoms with E-state index in [1.54, 1.807) is 0 Å². The maximum Gasteiger partial charge on any atom is 0.213 e. The molecule has 0 bridgehead atoms. The number of piperidine rings is 2. The fourth-order valence-electron chi connectivity index (χ4n) is 6.17. The number of hydrogen-bond acceptors (Lipinski definition) is 7. The van der Waals surface area contributed by atoms with Crippen LogP contribution in [0.25, 0.3) is 11.0 Å². The van der Waals surface area contributed by atoms with E-state index in [0.717, 1.165) is 74.7 Å². The first-order valence-corrected chi connectivity index (χ1v) is 12.9. The van der Waals surface area contributed by atoms with Crippen LogP contribution in [0.15, 0.2) is 47.1 Å². The molecule has 0 spiro atoms. The Kier molecular flexibility index (Phi) is 5.91. The van der Waals surface area contributed by atoms with Gasteiger partial charge in [-0.05, 0) is 57.2 Å². The number of anilines is 1. The Hall–Kier alpha value is -2.64. The van der Waals surface area contributed by atoms with Crippen molar-refractivity contribution in [2.45, 2.75) is 50.7 Å². The zero-order chi connectivity index (χ0) is 23.0. The van der Waals surface area contributed by atoms with Crippen molar-refractivity contribution in [2.24, 2.45) is 5.92 Å². The first-order valence-electron chi connectivity index (χ1n) is 12.9. The van der Waals surface area contributed by atoms with Crippen molar-refractivity contribution in [1.82, 2.24) is 20.4 Å². The van der Waals surface area contributed by atoms with E-state index in [4.69, 9.17) is 9.26 Å². The van der Waals surface area contributed by atoms with Crippen LogP contribution in [0.1, 0.15) is 44.7 Å². The van der Waals surface area contributed by atoms with E-state index < -0.39 is 0 Å². The second-order valence-corrected chi connectivity index (χ2v) is 10.2. The number of aromatic nitrogens is 2. The van der Waals surface area contributed by atoms with E-state index >= 15 is 0 Å². The van der Waals surface area contributed by atoms with Gasteiger partial charge in [0, 0.05) is 56.6 Å². The largest absolute Gasteiger partial charge is 0.474 e. The molecule has 3 aliphatic rings. The molecule has 3 unspecified atom stereocenters. The Labute approximate surface area is 201 Å². The van der Waals surface area contributed by atoms with Gasteiger partial charge in [-0.15, -0.1) is 0 Å². The Morgan fingerprint density at radius 3 is 2.85 bits per heavy atom. The minimum absolute atomic E-state index is 0.107. The van der Waals surface area contributed by atoms with Gasteiger partial charge in [0.1, 0.15) is 11.8 Å². The zero-order valence-electron chi connectivity index (χ0n) is 20.1. The molecule has 3 aromatic rings. The van der Waals surface area contributed by atoms with Gasteiger partial charge in [-0.2, -0.15) is 0 Å². The van der Waals surface area contributed by atoms with Crippen molar-refractivity contribution < 1.29 is 9.26 Å². The summed E-state index contributed by atoms with van der Waals surface area (Å²) < 4.78 is 12.1. The molecule has 180 valence electrons. The summed E-state index contributed by atoms with van der Waals surface area (Å²) in [4.78, 5) is 9.70. The summed E-state index contributed by atoms with van der Waals surface area (Å²) in [7, 11) is 0.